The summed E-state index contributed by atoms with van der Waals surface area (Å²) in [5.74, 6) is 2.41. The van der Waals surface area contributed by atoms with E-state index in [4.69, 9.17) is 0 Å². The lowest BCUT2D eigenvalue weighted by Gasteiger charge is -2.29. The van der Waals surface area contributed by atoms with E-state index in [-0.39, 0.29) is 5.91 Å². The Bertz CT molecular complexity index is 488. The number of benzene rings is 1. The molecule has 2 N–H and O–H groups in total. The van der Waals surface area contributed by atoms with Gasteiger partial charge in [0.15, 0.2) is 0 Å². The van der Waals surface area contributed by atoms with Crippen LogP contribution in [0.4, 0.5) is 0 Å². The Hall–Kier alpha value is -1.35. The highest BCUT2D eigenvalue weighted by molar-refractivity contribution is 5.75. The summed E-state index contributed by atoms with van der Waals surface area (Å²) >= 11 is 0. The quantitative estimate of drug-likeness (QED) is 0.832. The van der Waals surface area contributed by atoms with Crippen LogP contribution in [0.3, 0.4) is 0 Å². The van der Waals surface area contributed by atoms with Crippen molar-refractivity contribution in [1.29, 1.82) is 0 Å². The molecule has 132 valence electrons. The van der Waals surface area contributed by atoms with E-state index in [1.165, 1.54) is 44.1 Å². The van der Waals surface area contributed by atoms with Crippen molar-refractivity contribution in [2.75, 3.05) is 19.6 Å². The first-order valence-electron chi connectivity index (χ1n) is 9.83. The molecule has 0 bridgehead atoms. The monoisotopic (exact) mass is 328 g/mol. The van der Waals surface area contributed by atoms with E-state index in [9.17, 15) is 4.79 Å². The molecule has 3 heteroatoms. The molecule has 1 aliphatic heterocycles. The van der Waals surface area contributed by atoms with Crippen LogP contribution < -0.4 is 10.6 Å². The third-order valence-corrected chi connectivity index (χ3v) is 5.94. The maximum atomic E-state index is 12.1. The number of nitrogens with one attached hydrogen (secondary N) is 2. The van der Waals surface area contributed by atoms with Crippen LogP contribution in [-0.2, 0) is 4.79 Å². The van der Waals surface area contributed by atoms with Crippen LogP contribution in [0.25, 0.3) is 0 Å². The van der Waals surface area contributed by atoms with Gasteiger partial charge < -0.3 is 10.6 Å². The zero-order chi connectivity index (χ0) is 16.6. The van der Waals surface area contributed by atoms with E-state index >= 15 is 0 Å². The van der Waals surface area contributed by atoms with E-state index in [1.807, 2.05) is 0 Å². The van der Waals surface area contributed by atoms with E-state index in [0.717, 1.165) is 37.9 Å². The average Bonchev–Trinajstić information content (AvgIpc) is 2.67. The van der Waals surface area contributed by atoms with Crippen molar-refractivity contribution in [2.45, 2.75) is 57.3 Å². The highest BCUT2D eigenvalue weighted by Crippen LogP contribution is 2.35. The van der Waals surface area contributed by atoms with Gasteiger partial charge in [0.1, 0.15) is 0 Å². The second-order valence-electron chi connectivity index (χ2n) is 7.66. The summed E-state index contributed by atoms with van der Waals surface area (Å²) in [7, 11) is 0. The lowest BCUT2D eigenvalue weighted by atomic mass is 9.78. The van der Waals surface area contributed by atoms with Gasteiger partial charge in [0.25, 0.3) is 0 Å². The minimum absolute atomic E-state index is 0.263. The Morgan fingerprint density at radius 3 is 2.38 bits per heavy atom. The van der Waals surface area contributed by atoms with Crippen LogP contribution in [0.15, 0.2) is 30.3 Å². The summed E-state index contributed by atoms with van der Waals surface area (Å²) in [4.78, 5) is 12.1. The van der Waals surface area contributed by atoms with Crippen molar-refractivity contribution in [3.8, 4) is 0 Å². The summed E-state index contributed by atoms with van der Waals surface area (Å²) in [6.45, 7) is 3.13. The molecule has 1 amide bonds. The Labute approximate surface area is 146 Å². The van der Waals surface area contributed by atoms with Crippen molar-refractivity contribution in [1.82, 2.24) is 10.6 Å². The second kappa shape index (κ2) is 9.22. The SMILES string of the molecule is O=C(CCC1CCNCC1)NCC1CCC(c2ccccc2)CC1. The first-order chi connectivity index (χ1) is 11.8. The third kappa shape index (κ3) is 5.34. The van der Waals surface area contributed by atoms with E-state index in [2.05, 4.69) is 41.0 Å². The van der Waals surface area contributed by atoms with E-state index in [1.54, 1.807) is 0 Å². The first kappa shape index (κ1) is 17.5. The van der Waals surface area contributed by atoms with E-state index in [0.29, 0.717) is 12.3 Å². The smallest absolute Gasteiger partial charge is 0.220 e. The first-order valence-corrected chi connectivity index (χ1v) is 9.83. The zero-order valence-electron chi connectivity index (χ0n) is 14.8. The van der Waals surface area contributed by atoms with Crippen molar-refractivity contribution in [3.63, 3.8) is 0 Å². The fourth-order valence-electron chi connectivity index (χ4n) is 4.28. The van der Waals surface area contributed by atoms with Crippen LogP contribution in [0.2, 0.25) is 0 Å². The highest BCUT2D eigenvalue weighted by atomic mass is 16.1. The largest absolute Gasteiger partial charge is 0.356 e. The molecule has 0 radical (unpaired) electrons. The van der Waals surface area contributed by atoms with Crippen molar-refractivity contribution in [2.24, 2.45) is 11.8 Å². The van der Waals surface area contributed by atoms with Crippen LogP contribution in [0.5, 0.6) is 0 Å². The second-order valence-corrected chi connectivity index (χ2v) is 7.66. The lowest BCUT2D eigenvalue weighted by molar-refractivity contribution is -0.121. The van der Waals surface area contributed by atoms with Gasteiger partial charge in [-0.25, -0.2) is 0 Å². The number of piperidine rings is 1. The Kier molecular flexibility index (Phi) is 6.71. The molecule has 1 aromatic rings. The summed E-state index contributed by atoms with van der Waals surface area (Å²) in [6, 6.07) is 10.9. The van der Waals surface area contributed by atoms with Gasteiger partial charge in [-0.2, -0.15) is 0 Å². The number of rotatable bonds is 6. The summed E-state index contributed by atoms with van der Waals surface area (Å²) in [5, 5.41) is 6.58. The molecule has 0 aromatic heterocycles. The maximum Gasteiger partial charge on any atom is 0.220 e. The van der Waals surface area contributed by atoms with Crippen LogP contribution in [-0.4, -0.2) is 25.5 Å². The van der Waals surface area contributed by atoms with Crippen LogP contribution >= 0.6 is 0 Å². The number of amides is 1. The Balaban J connectivity index is 1.31. The van der Waals surface area contributed by atoms with Gasteiger partial charge in [-0.1, -0.05) is 30.3 Å². The molecule has 1 heterocycles. The molecule has 0 atom stereocenters. The van der Waals surface area contributed by atoms with Crippen molar-refractivity contribution < 1.29 is 4.79 Å². The van der Waals surface area contributed by atoms with Crippen molar-refractivity contribution in [3.05, 3.63) is 35.9 Å². The molecular weight excluding hydrogens is 296 g/mol. The molecule has 1 aliphatic carbocycles. The molecule has 0 spiro atoms. The molecule has 2 fully saturated rings. The van der Waals surface area contributed by atoms with Crippen LogP contribution in [0, 0.1) is 11.8 Å². The molecule has 3 nitrogen and oxygen atoms in total. The minimum Gasteiger partial charge on any atom is -0.356 e. The maximum absolute atomic E-state index is 12.1. The molecule has 0 unspecified atom stereocenters. The van der Waals surface area contributed by atoms with Gasteiger partial charge in [0.05, 0.1) is 0 Å². The highest BCUT2D eigenvalue weighted by Gasteiger charge is 2.22. The number of hydrogen-bond donors (Lipinski definition) is 2. The summed E-state index contributed by atoms with van der Waals surface area (Å²) in [5.41, 5.74) is 1.49. The molecule has 24 heavy (non-hydrogen) atoms. The summed E-state index contributed by atoms with van der Waals surface area (Å²) < 4.78 is 0. The Morgan fingerprint density at radius 2 is 1.67 bits per heavy atom. The fraction of sp³-hybridized carbons (Fsp3) is 0.667. The van der Waals surface area contributed by atoms with Crippen molar-refractivity contribution >= 4 is 5.91 Å². The van der Waals surface area contributed by atoms with Gasteiger partial charge in [-0.3, -0.25) is 4.79 Å². The van der Waals surface area contributed by atoms with Gasteiger partial charge in [0, 0.05) is 13.0 Å². The minimum atomic E-state index is 0.263. The van der Waals surface area contributed by atoms with Gasteiger partial charge >= 0.3 is 0 Å². The zero-order valence-corrected chi connectivity index (χ0v) is 14.8. The number of hydrogen-bond acceptors (Lipinski definition) is 2. The molecule has 2 aliphatic rings. The van der Waals surface area contributed by atoms with Gasteiger partial charge in [-0.15, -0.1) is 0 Å². The lowest BCUT2D eigenvalue weighted by Crippen LogP contribution is -2.32. The predicted octanol–water partition coefficient (Wildman–Crippen LogP) is 3.86. The fourth-order valence-corrected chi connectivity index (χ4v) is 4.28. The normalized spacial score (nSPS) is 25.3. The third-order valence-electron chi connectivity index (χ3n) is 5.94. The summed E-state index contributed by atoms with van der Waals surface area (Å²) in [6.07, 6.45) is 9.26. The molecule has 1 aromatic carbocycles. The molecule has 1 saturated heterocycles. The topological polar surface area (TPSA) is 41.1 Å². The molecule has 3 rings (SSSR count). The van der Waals surface area contributed by atoms with E-state index < -0.39 is 0 Å². The molecule has 1 saturated carbocycles. The Morgan fingerprint density at radius 1 is 0.958 bits per heavy atom. The predicted molar refractivity (Wildman–Crippen MR) is 99.0 cm³/mol. The number of carbonyl (C=O) groups is 1. The van der Waals surface area contributed by atoms with Crippen LogP contribution in [0.1, 0.15) is 62.8 Å². The standard InChI is InChI=1S/C21H32N2O/c24-21(11-8-17-12-14-22-15-13-17)23-16-18-6-9-20(10-7-18)19-4-2-1-3-5-19/h1-5,17-18,20,22H,6-16H2,(H,23,24). The van der Waals surface area contributed by atoms with Gasteiger partial charge in [-0.05, 0) is 81.4 Å². The number of carbonyl (C=O) groups excluding carboxylic acids is 1. The molecular formula is C21H32N2O. The van der Waals surface area contributed by atoms with Gasteiger partial charge in [0.2, 0.25) is 5.91 Å². The average molecular weight is 329 g/mol.